The fourth-order valence-electron chi connectivity index (χ4n) is 2.93. The normalized spacial score (nSPS) is 12.6. The zero-order chi connectivity index (χ0) is 24.3. The van der Waals surface area contributed by atoms with Gasteiger partial charge >= 0.3 is 11.9 Å². The van der Waals surface area contributed by atoms with Crippen molar-refractivity contribution < 1.29 is 29.0 Å². The van der Waals surface area contributed by atoms with Crippen LogP contribution in [0.3, 0.4) is 0 Å². The van der Waals surface area contributed by atoms with E-state index in [9.17, 15) is 19.2 Å². The van der Waals surface area contributed by atoms with Crippen molar-refractivity contribution in [2.24, 2.45) is 11.8 Å². The number of rotatable bonds is 13. The van der Waals surface area contributed by atoms with Crippen molar-refractivity contribution in [3.63, 3.8) is 0 Å². The zero-order valence-corrected chi connectivity index (χ0v) is 19.5. The van der Waals surface area contributed by atoms with Gasteiger partial charge in [0.25, 0.3) is 5.91 Å². The van der Waals surface area contributed by atoms with Crippen LogP contribution in [0.4, 0.5) is 5.69 Å². The van der Waals surface area contributed by atoms with Gasteiger partial charge in [-0.3, -0.25) is 19.2 Å². The van der Waals surface area contributed by atoms with Crippen molar-refractivity contribution in [2.75, 3.05) is 18.4 Å². The summed E-state index contributed by atoms with van der Waals surface area (Å²) in [7, 11) is 0. The van der Waals surface area contributed by atoms with E-state index in [1.165, 1.54) is 0 Å². The molecule has 1 rings (SSSR count). The lowest BCUT2D eigenvalue weighted by molar-refractivity contribution is -0.144. The summed E-state index contributed by atoms with van der Waals surface area (Å²) in [6, 6.07) is 5.45. The van der Waals surface area contributed by atoms with Crippen LogP contribution in [-0.2, 0) is 25.7 Å². The first-order valence-electron chi connectivity index (χ1n) is 10.9. The molecule has 1 aromatic carbocycles. The van der Waals surface area contributed by atoms with Crippen LogP contribution >= 0.6 is 0 Å². The molecule has 0 saturated carbocycles. The molecule has 0 spiro atoms. The first-order chi connectivity index (χ1) is 15.0. The Kier molecular flexibility index (Phi) is 11.2. The Morgan fingerprint density at radius 2 is 1.69 bits per heavy atom. The predicted octanol–water partition coefficient (Wildman–Crippen LogP) is 2.55. The summed E-state index contributed by atoms with van der Waals surface area (Å²) in [6.07, 6.45) is 0.162. The second-order valence-electron chi connectivity index (χ2n) is 8.10. The number of amides is 2. The fourth-order valence-corrected chi connectivity index (χ4v) is 2.93. The Hall–Kier alpha value is -3.10. The maximum atomic E-state index is 12.8. The highest BCUT2D eigenvalue weighted by Crippen LogP contribution is 2.18. The molecule has 0 fully saturated rings. The number of hydrogen-bond donors (Lipinski definition) is 4. The molecule has 2 atom stereocenters. The van der Waals surface area contributed by atoms with Crippen LogP contribution < -0.4 is 16.0 Å². The second kappa shape index (κ2) is 13.3. The SMILES string of the molecule is CCC(=O)OCc1ccc(NC(C)C)cc1C(=O)NCCNC(=O)C(C)C(C)CC(=O)O. The van der Waals surface area contributed by atoms with Gasteiger partial charge in [0.2, 0.25) is 5.91 Å². The molecule has 2 unspecified atom stereocenters. The van der Waals surface area contributed by atoms with Gasteiger partial charge in [0.05, 0.1) is 0 Å². The molecule has 2 amide bonds. The van der Waals surface area contributed by atoms with Crippen LogP contribution in [0.2, 0.25) is 0 Å². The van der Waals surface area contributed by atoms with Crippen molar-refractivity contribution in [3.05, 3.63) is 29.3 Å². The van der Waals surface area contributed by atoms with Gasteiger partial charge in [-0.1, -0.05) is 26.8 Å². The molecular weight excluding hydrogens is 414 g/mol. The fraction of sp³-hybridized carbons (Fsp3) is 0.565. The Morgan fingerprint density at radius 1 is 1.03 bits per heavy atom. The van der Waals surface area contributed by atoms with Crippen molar-refractivity contribution in [1.82, 2.24) is 10.6 Å². The number of benzene rings is 1. The monoisotopic (exact) mass is 449 g/mol. The summed E-state index contributed by atoms with van der Waals surface area (Å²) in [5, 5.41) is 17.6. The molecule has 0 radical (unpaired) electrons. The lowest BCUT2D eigenvalue weighted by Gasteiger charge is -2.18. The van der Waals surface area contributed by atoms with Crippen LogP contribution in [0.1, 0.15) is 63.4 Å². The van der Waals surface area contributed by atoms with E-state index in [4.69, 9.17) is 9.84 Å². The van der Waals surface area contributed by atoms with Crippen LogP contribution in [0.25, 0.3) is 0 Å². The van der Waals surface area contributed by atoms with Crippen LogP contribution in [0.15, 0.2) is 18.2 Å². The third kappa shape index (κ3) is 9.36. The topological polar surface area (TPSA) is 134 Å². The second-order valence-corrected chi connectivity index (χ2v) is 8.10. The lowest BCUT2D eigenvalue weighted by atomic mass is 9.92. The van der Waals surface area contributed by atoms with Crippen molar-refractivity contribution in [3.8, 4) is 0 Å². The third-order valence-electron chi connectivity index (χ3n) is 4.96. The first-order valence-corrected chi connectivity index (χ1v) is 10.9. The van der Waals surface area contributed by atoms with Crippen molar-refractivity contribution in [1.29, 1.82) is 0 Å². The molecule has 4 N–H and O–H groups in total. The molecule has 32 heavy (non-hydrogen) atoms. The molecule has 0 aliphatic rings. The van der Waals surface area contributed by atoms with E-state index in [0.29, 0.717) is 11.1 Å². The number of carbonyl (C=O) groups excluding carboxylic acids is 3. The van der Waals surface area contributed by atoms with Crippen LogP contribution in [0, 0.1) is 11.8 Å². The smallest absolute Gasteiger partial charge is 0.305 e. The lowest BCUT2D eigenvalue weighted by Crippen LogP contribution is -2.39. The van der Waals surface area contributed by atoms with Gasteiger partial charge in [-0.2, -0.15) is 0 Å². The van der Waals surface area contributed by atoms with Gasteiger partial charge in [-0.15, -0.1) is 0 Å². The largest absolute Gasteiger partial charge is 0.481 e. The summed E-state index contributed by atoms with van der Waals surface area (Å²) in [4.78, 5) is 47.3. The van der Waals surface area contributed by atoms with E-state index in [1.54, 1.807) is 32.9 Å². The van der Waals surface area contributed by atoms with Crippen molar-refractivity contribution in [2.45, 2.75) is 60.1 Å². The highest BCUT2D eigenvalue weighted by Gasteiger charge is 2.22. The summed E-state index contributed by atoms with van der Waals surface area (Å²) < 4.78 is 5.18. The number of carbonyl (C=O) groups is 4. The Morgan fingerprint density at radius 3 is 2.28 bits per heavy atom. The minimum absolute atomic E-state index is 0.00684. The maximum Gasteiger partial charge on any atom is 0.305 e. The van der Waals surface area contributed by atoms with Gasteiger partial charge in [-0.25, -0.2) is 0 Å². The average Bonchev–Trinajstić information content (AvgIpc) is 2.73. The maximum absolute atomic E-state index is 12.8. The molecule has 9 nitrogen and oxygen atoms in total. The highest BCUT2D eigenvalue weighted by molar-refractivity contribution is 5.96. The van der Waals surface area contributed by atoms with E-state index in [1.807, 2.05) is 19.9 Å². The summed E-state index contributed by atoms with van der Waals surface area (Å²) in [5.74, 6) is -2.66. The van der Waals surface area contributed by atoms with E-state index in [0.717, 1.165) is 5.69 Å². The Bertz CT molecular complexity index is 809. The molecule has 1 aromatic rings. The van der Waals surface area contributed by atoms with Crippen LogP contribution in [-0.4, -0.2) is 48.0 Å². The summed E-state index contributed by atoms with van der Waals surface area (Å²) in [5.41, 5.74) is 1.73. The Balaban J connectivity index is 2.71. The number of nitrogens with one attached hydrogen (secondary N) is 3. The van der Waals surface area contributed by atoms with Gasteiger partial charge < -0.3 is 25.8 Å². The quantitative estimate of drug-likeness (QED) is 0.269. The van der Waals surface area contributed by atoms with E-state index < -0.39 is 11.9 Å². The number of hydrogen-bond acceptors (Lipinski definition) is 6. The van der Waals surface area contributed by atoms with E-state index in [-0.39, 0.29) is 62.3 Å². The molecule has 0 aliphatic carbocycles. The molecule has 178 valence electrons. The number of carboxylic acid groups (broad SMARTS) is 1. The summed E-state index contributed by atoms with van der Waals surface area (Å²) >= 11 is 0. The standard InChI is InChI=1S/C23H35N3O6/c1-6-21(29)32-13-17-7-8-18(26-14(2)3)12-19(17)23(31)25-10-9-24-22(30)16(5)15(4)11-20(27)28/h7-8,12,14-16,26H,6,9-11,13H2,1-5H3,(H,24,30)(H,25,31)(H,27,28). The van der Waals surface area contributed by atoms with E-state index >= 15 is 0 Å². The van der Waals surface area contributed by atoms with Gasteiger partial charge in [-0.05, 0) is 31.9 Å². The van der Waals surface area contributed by atoms with Crippen LogP contribution in [0.5, 0.6) is 0 Å². The molecular formula is C23H35N3O6. The molecule has 0 aromatic heterocycles. The number of anilines is 1. The molecule has 9 heteroatoms. The minimum atomic E-state index is -0.945. The Labute approximate surface area is 189 Å². The first kappa shape index (κ1) is 26.9. The van der Waals surface area contributed by atoms with Gasteiger partial charge in [0.1, 0.15) is 6.61 Å². The molecule has 0 heterocycles. The third-order valence-corrected chi connectivity index (χ3v) is 4.96. The summed E-state index contributed by atoms with van der Waals surface area (Å²) in [6.45, 7) is 9.45. The molecule has 0 bridgehead atoms. The number of ether oxygens (including phenoxy) is 1. The predicted molar refractivity (Wildman–Crippen MR) is 121 cm³/mol. The molecule has 0 aliphatic heterocycles. The average molecular weight is 450 g/mol. The van der Waals surface area contributed by atoms with E-state index in [2.05, 4.69) is 16.0 Å². The molecule has 0 saturated heterocycles. The number of carboxylic acids is 1. The van der Waals surface area contributed by atoms with Gasteiger partial charge in [0, 0.05) is 54.7 Å². The van der Waals surface area contributed by atoms with Crippen molar-refractivity contribution >= 4 is 29.4 Å². The number of esters is 1. The highest BCUT2D eigenvalue weighted by atomic mass is 16.5. The minimum Gasteiger partial charge on any atom is -0.481 e. The zero-order valence-electron chi connectivity index (χ0n) is 19.5. The van der Waals surface area contributed by atoms with Gasteiger partial charge in [0.15, 0.2) is 0 Å². The number of aliphatic carboxylic acids is 1.